The highest BCUT2D eigenvalue weighted by atomic mass is 35.5. The molecule has 2 atom stereocenters. The molecular formula is C27H27ClFNO3S. The van der Waals surface area contributed by atoms with Crippen molar-refractivity contribution >= 4 is 35.1 Å². The first-order valence-electron chi connectivity index (χ1n) is 11.4. The topological polar surface area (TPSA) is 55.4 Å². The van der Waals surface area contributed by atoms with Gasteiger partial charge in [-0.3, -0.25) is 4.79 Å². The van der Waals surface area contributed by atoms with Crippen molar-refractivity contribution in [2.24, 2.45) is 0 Å². The van der Waals surface area contributed by atoms with Gasteiger partial charge in [0, 0.05) is 40.1 Å². The maximum Gasteiger partial charge on any atom is 0.336 e. The SMILES string of the molecule is CCSCCOC(=O)C1=C(C)NC2=C(C(=O)CC(c3ccc(Cl)cc3)C2)C1c1ccc(F)cc1. The largest absolute Gasteiger partial charge is 0.461 e. The number of thioether (sulfide) groups is 1. The van der Waals surface area contributed by atoms with E-state index >= 15 is 0 Å². The van der Waals surface area contributed by atoms with Crippen molar-refractivity contribution in [1.82, 2.24) is 5.32 Å². The van der Waals surface area contributed by atoms with Gasteiger partial charge in [-0.15, -0.1) is 0 Å². The average Bonchev–Trinajstić information content (AvgIpc) is 2.81. The van der Waals surface area contributed by atoms with Crippen molar-refractivity contribution in [1.29, 1.82) is 0 Å². The lowest BCUT2D eigenvalue weighted by molar-refractivity contribution is -0.138. The number of ketones is 1. The number of halogens is 2. The first-order valence-corrected chi connectivity index (χ1v) is 12.9. The second kappa shape index (κ2) is 10.8. The van der Waals surface area contributed by atoms with E-state index < -0.39 is 11.9 Å². The highest BCUT2D eigenvalue weighted by molar-refractivity contribution is 7.99. The van der Waals surface area contributed by atoms with Gasteiger partial charge in [0.05, 0.1) is 5.57 Å². The second-order valence-electron chi connectivity index (χ2n) is 8.45. The maximum atomic E-state index is 13.7. The fourth-order valence-electron chi connectivity index (χ4n) is 4.68. The van der Waals surface area contributed by atoms with Gasteiger partial charge in [-0.25, -0.2) is 9.18 Å². The zero-order chi connectivity index (χ0) is 24.2. The predicted molar refractivity (Wildman–Crippen MR) is 134 cm³/mol. The van der Waals surface area contributed by atoms with Gasteiger partial charge in [-0.05, 0) is 60.4 Å². The molecule has 0 aromatic heterocycles. The van der Waals surface area contributed by atoms with Gasteiger partial charge >= 0.3 is 5.97 Å². The van der Waals surface area contributed by atoms with Crippen LogP contribution in [0, 0.1) is 5.82 Å². The number of rotatable bonds is 7. The lowest BCUT2D eigenvalue weighted by atomic mass is 9.72. The third kappa shape index (κ3) is 5.23. The Morgan fingerprint density at radius 3 is 2.47 bits per heavy atom. The Hall–Kier alpha value is -2.57. The molecule has 2 unspecified atom stereocenters. The van der Waals surface area contributed by atoms with Gasteiger partial charge in [0.2, 0.25) is 0 Å². The molecule has 7 heteroatoms. The number of nitrogens with one attached hydrogen (secondary N) is 1. The quantitative estimate of drug-likeness (QED) is 0.366. The minimum absolute atomic E-state index is 0.0113. The number of benzene rings is 2. The number of carbonyl (C=O) groups is 2. The van der Waals surface area contributed by atoms with Gasteiger partial charge in [0.25, 0.3) is 0 Å². The van der Waals surface area contributed by atoms with Crippen molar-refractivity contribution < 1.29 is 18.7 Å². The van der Waals surface area contributed by atoms with Crippen LogP contribution >= 0.6 is 23.4 Å². The Bertz CT molecular complexity index is 1140. The van der Waals surface area contributed by atoms with Crippen molar-refractivity contribution in [3.05, 3.63) is 93.0 Å². The molecule has 0 radical (unpaired) electrons. The number of allylic oxidation sites excluding steroid dienone is 3. The van der Waals surface area contributed by atoms with Crippen molar-refractivity contribution in [2.75, 3.05) is 18.1 Å². The minimum Gasteiger partial charge on any atom is -0.461 e. The number of esters is 1. The lowest BCUT2D eigenvalue weighted by Gasteiger charge is -2.36. The Morgan fingerprint density at radius 2 is 1.79 bits per heavy atom. The van der Waals surface area contributed by atoms with Crippen LogP contribution in [0.3, 0.4) is 0 Å². The molecule has 0 spiro atoms. The summed E-state index contributed by atoms with van der Waals surface area (Å²) in [6.07, 6.45) is 0.960. The van der Waals surface area contributed by atoms with Crippen LogP contribution in [-0.4, -0.2) is 29.9 Å². The molecule has 0 bridgehead atoms. The Balaban J connectivity index is 1.70. The molecule has 2 aliphatic rings. The number of hydrogen-bond donors (Lipinski definition) is 1. The van der Waals surface area contributed by atoms with Crippen LogP contribution < -0.4 is 5.32 Å². The van der Waals surface area contributed by atoms with Crippen LogP contribution in [0.2, 0.25) is 5.02 Å². The molecule has 0 saturated heterocycles. The van der Waals surface area contributed by atoms with Crippen LogP contribution in [0.25, 0.3) is 0 Å². The van der Waals surface area contributed by atoms with E-state index in [2.05, 4.69) is 12.2 Å². The Morgan fingerprint density at radius 1 is 1.12 bits per heavy atom. The molecule has 4 rings (SSSR count). The maximum absolute atomic E-state index is 13.7. The van der Waals surface area contributed by atoms with Crippen LogP contribution in [0.5, 0.6) is 0 Å². The Kier molecular flexibility index (Phi) is 7.79. The molecule has 4 nitrogen and oxygen atoms in total. The minimum atomic E-state index is -0.596. The van der Waals surface area contributed by atoms with E-state index in [1.54, 1.807) is 23.9 Å². The molecule has 2 aromatic rings. The van der Waals surface area contributed by atoms with Crippen molar-refractivity contribution in [2.45, 2.75) is 38.5 Å². The smallest absolute Gasteiger partial charge is 0.336 e. The number of Topliss-reactive ketones (excluding diaryl/α,β-unsaturated/α-hetero) is 1. The van der Waals surface area contributed by atoms with Crippen LogP contribution in [0.1, 0.15) is 49.7 Å². The highest BCUT2D eigenvalue weighted by Gasteiger charge is 2.41. The molecule has 0 amide bonds. The summed E-state index contributed by atoms with van der Waals surface area (Å²) in [7, 11) is 0. The summed E-state index contributed by atoms with van der Waals surface area (Å²) in [6, 6.07) is 13.6. The van der Waals surface area contributed by atoms with E-state index in [1.165, 1.54) is 12.1 Å². The van der Waals surface area contributed by atoms with E-state index in [0.29, 0.717) is 52.6 Å². The molecular weight excluding hydrogens is 473 g/mol. The van der Waals surface area contributed by atoms with E-state index in [9.17, 15) is 14.0 Å². The fourth-order valence-corrected chi connectivity index (χ4v) is 5.30. The van der Waals surface area contributed by atoms with Gasteiger partial charge in [0.15, 0.2) is 5.78 Å². The van der Waals surface area contributed by atoms with Gasteiger partial charge in [-0.2, -0.15) is 11.8 Å². The lowest BCUT2D eigenvalue weighted by Crippen LogP contribution is -2.36. The highest BCUT2D eigenvalue weighted by Crippen LogP contribution is 2.45. The number of carbonyl (C=O) groups excluding carboxylic acids is 2. The molecule has 1 aliphatic heterocycles. The van der Waals surface area contributed by atoms with E-state index in [4.69, 9.17) is 16.3 Å². The third-order valence-electron chi connectivity index (χ3n) is 6.26. The summed E-state index contributed by atoms with van der Waals surface area (Å²) >= 11 is 7.73. The summed E-state index contributed by atoms with van der Waals surface area (Å²) in [6.45, 7) is 4.17. The standard InChI is InChI=1S/C27H27ClFNO3S/c1-3-34-13-12-33-27(32)24-16(2)30-22-14-19(17-4-8-20(28)9-5-17)15-23(31)26(22)25(24)18-6-10-21(29)11-7-18/h4-11,19,25,30H,3,12-15H2,1-2H3. The number of hydrogen-bond acceptors (Lipinski definition) is 5. The van der Waals surface area contributed by atoms with Crippen LogP contribution in [0.4, 0.5) is 4.39 Å². The number of ether oxygens (including phenoxy) is 1. The zero-order valence-corrected chi connectivity index (χ0v) is 20.8. The fraction of sp³-hybridized carbons (Fsp3) is 0.333. The third-order valence-corrected chi connectivity index (χ3v) is 7.37. The summed E-state index contributed by atoms with van der Waals surface area (Å²) in [5.74, 6) is 0.222. The van der Waals surface area contributed by atoms with E-state index in [1.807, 2.05) is 31.2 Å². The van der Waals surface area contributed by atoms with Crippen molar-refractivity contribution in [3.8, 4) is 0 Å². The molecule has 1 aliphatic carbocycles. The number of dihydropyridines is 1. The monoisotopic (exact) mass is 499 g/mol. The summed E-state index contributed by atoms with van der Waals surface area (Å²) < 4.78 is 19.3. The summed E-state index contributed by atoms with van der Waals surface area (Å²) in [4.78, 5) is 26.7. The Labute approximate surface area is 208 Å². The van der Waals surface area contributed by atoms with Gasteiger partial charge < -0.3 is 10.1 Å². The van der Waals surface area contributed by atoms with Crippen LogP contribution in [0.15, 0.2) is 71.1 Å². The molecule has 0 fully saturated rings. The van der Waals surface area contributed by atoms with Gasteiger partial charge in [-0.1, -0.05) is 42.8 Å². The predicted octanol–water partition coefficient (Wildman–Crippen LogP) is 6.14. The second-order valence-corrected chi connectivity index (χ2v) is 10.3. The molecule has 1 N–H and O–H groups in total. The van der Waals surface area contributed by atoms with E-state index in [-0.39, 0.29) is 17.5 Å². The van der Waals surface area contributed by atoms with Gasteiger partial charge in [0.1, 0.15) is 12.4 Å². The summed E-state index contributed by atoms with van der Waals surface area (Å²) in [5, 5.41) is 3.99. The molecule has 178 valence electrons. The normalized spacial score (nSPS) is 20.2. The first-order chi connectivity index (χ1) is 16.4. The van der Waals surface area contributed by atoms with Crippen molar-refractivity contribution in [3.63, 3.8) is 0 Å². The molecule has 2 aromatic carbocycles. The van der Waals surface area contributed by atoms with E-state index in [0.717, 1.165) is 17.0 Å². The summed E-state index contributed by atoms with van der Waals surface area (Å²) in [5.41, 5.74) is 4.18. The van der Waals surface area contributed by atoms with Crippen LogP contribution in [-0.2, 0) is 14.3 Å². The average molecular weight is 500 g/mol. The molecule has 34 heavy (non-hydrogen) atoms. The molecule has 0 saturated carbocycles. The zero-order valence-electron chi connectivity index (χ0n) is 19.2. The molecule has 1 heterocycles. The first kappa shape index (κ1) is 24.6.